The molecule has 34 heavy (non-hydrogen) atoms. The molecule has 1 unspecified atom stereocenters. The first-order valence-electron chi connectivity index (χ1n) is 12.2. The van der Waals surface area contributed by atoms with Gasteiger partial charge in [-0.3, -0.25) is 0 Å². The Labute approximate surface area is 207 Å². The molecule has 0 aliphatic heterocycles. The molecule has 0 radical (unpaired) electrons. The van der Waals surface area contributed by atoms with E-state index in [0.717, 1.165) is 32.1 Å². The molecule has 0 saturated heterocycles. The summed E-state index contributed by atoms with van der Waals surface area (Å²) in [5.74, 6) is 0.462. The molecule has 0 aromatic carbocycles. The van der Waals surface area contributed by atoms with Crippen molar-refractivity contribution >= 4 is 23.6 Å². The third-order valence-corrected chi connectivity index (χ3v) is 7.22. The van der Waals surface area contributed by atoms with Gasteiger partial charge in [-0.25, -0.2) is 9.59 Å². The lowest BCUT2D eigenvalue weighted by Crippen LogP contribution is -2.18. The van der Waals surface area contributed by atoms with Crippen molar-refractivity contribution in [3.63, 3.8) is 0 Å². The third-order valence-electron chi connectivity index (χ3n) is 6.07. The van der Waals surface area contributed by atoms with Crippen LogP contribution in [0.25, 0.3) is 0 Å². The van der Waals surface area contributed by atoms with Crippen molar-refractivity contribution in [3.05, 3.63) is 49.7 Å². The van der Waals surface area contributed by atoms with E-state index < -0.39 is 11.7 Å². The standard InChI is InChI=1S/C27H39NO5S/c1-6-7-11-20-12-13-21(34-20)18-27(3,4)15-14-22-23(29)17-24(33-25(22)30)19(2)10-8-9-16-28-26(31)32-5/h12-13,16-17,19,29H,6-11,14-15,18H2,1-5H3. The van der Waals surface area contributed by atoms with E-state index in [1.807, 2.05) is 18.3 Å². The second kappa shape index (κ2) is 13.5. The lowest BCUT2D eigenvalue weighted by Gasteiger charge is -2.24. The molecule has 0 fully saturated rings. The van der Waals surface area contributed by atoms with Gasteiger partial charge in [-0.1, -0.05) is 34.1 Å². The summed E-state index contributed by atoms with van der Waals surface area (Å²) < 4.78 is 10.0. The highest BCUT2D eigenvalue weighted by molar-refractivity contribution is 7.12. The van der Waals surface area contributed by atoms with Gasteiger partial charge in [-0.15, -0.1) is 11.3 Å². The molecule has 0 spiro atoms. The van der Waals surface area contributed by atoms with Gasteiger partial charge in [0.25, 0.3) is 0 Å². The lowest BCUT2D eigenvalue weighted by molar-refractivity contribution is 0.182. The maximum atomic E-state index is 12.6. The van der Waals surface area contributed by atoms with Crippen LogP contribution in [0.3, 0.4) is 0 Å². The van der Waals surface area contributed by atoms with E-state index >= 15 is 0 Å². The Bertz CT molecular complexity index is 1000. The number of rotatable bonds is 13. The Morgan fingerprint density at radius 3 is 2.68 bits per heavy atom. The fourth-order valence-electron chi connectivity index (χ4n) is 3.87. The van der Waals surface area contributed by atoms with E-state index in [9.17, 15) is 14.7 Å². The summed E-state index contributed by atoms with van der Waals surface area (Å²) in [6, 6.07) is 6.04. The summed E-state index contributed by atoms with van der Waals surface area (Å²) in [6.07, 6.45) is 8.81. The number of nitrogens with zero attached hydrogens (tertiary/aromatic N) is 1. The summed E-state index contributed by atoms with van der Waals surface area (Å²) in [6.45, 7) is 8.57. The number of carbonyl (C=O) groups excluding carboxylic acids is 1. The van der Waals surface area contributed by atoms with Crippen molar-refractivity contribution < 1.29 is 19.1 Å². The molecule has 0 aliphatic carbocycles. The van der Waals surface area contributed by atoms with Crippen LogP contribution in [0.2, 0.25) is 0 Å². The van der Waals surface area contributed by atoms with Gasteiger partial charge in [0.15, 0.2) is 0 Å². The molecule has 0 aliphatic rings. The van der Waals surface area contributed by atoms with E-state index in [1.54, 1.807) is 6.07 Å². The van der Waals surface area contributed by atoms with Crippen molar-refractivity contribution in [3.8, 4) is 5.75 Å². The summed E-state index contributed by atoms with van der Waals surface area (Å²) in [4.78, 5) is 30.1. The SMILES string of the molecule is CCCCc1ccc(CC(C)(C)CCc2c(O)cc(C(C)CCCC=NC(=O)OC)oc2=O)s1. The van der Waals surface area contributed by atoms with Gasteiger partial charge >= 0.3 is 11.7 Å². The minimum absolute atomic E-state index is 0.00345. The highest BCUT2D eigenvalue weighted by Gasteiger charge is 2.22. The number of carbonyl (C=O) groups is 1. The second-order valence-electron chi connectivity index (χ2n) is 9.73. The predicted octanol–water partition coefficient (Wildman–Crippen LogP) is 7.06. The van der Waals surface area contributed by atoms with Crippen LogP contribution in [-0.2, 0) is 24.0 Å². The summed E-state index contributed by atoms with van der Waals surface area (Å²) >= 11 is 1.88. The third kappa shape index (κ3) is 9.09. The molecule has 1 N–H and O–H groups in total. The van der Waals surface area contributed by atoms with E-state index in [1.165, 1.54) is 35.9 Å². The van der Waals surface area contributed by atoms with Crippen LogP contribution in [0, 0.1) is 5.41 Å². The molecule has 2 rings (SSSR count). The highest BCUT2D eigenvalue weighted by Crippen LogP contribution is 2.33. The number of thiophene rings is 1. The first kappa shape index (κ1) is 27.8. The number of unbranched alkanes of at least 4 members (excludes halogenated alkanes) is 2. The first-order chi connectivity index (χ1) is 16.1. The first-order valence-corrected chi connectivity index (χ1v) is 13.0. The topological polar surface area (TPSA) is 89.1 Å². The van der Waals surface area contributed by atoms with Crippen LogP contribution in [0.4, 0.5) is 4.79 Å². The minimum Gasteiger partial charge on any atom is -0.507 e. The Balaban J connectivity index is 1.92. The van der Waals surface area contributed by atoms with Crippen LogP contribution in [0.5, 0.6) is 5.75 Å². The monoisotopic (exact) mass is 489 g/mol. The molecule has 6 nitrogen and oxygen atoms in total. The number of hydrogen-bond donors (Lipinski definition) is 1. The van der Waals surface area contributed by atoms with Crippen molar-refractivity contribution in [2.24, 2.45) is 10.4 Å². The van der Waals surface area contributed by atoms with Crippen molar-refractivity contribution in [1.29, 1.82) is 0 Å². The number of hydrogen-bond acceptors (Lipinski definition) is 6. The fraction of sp³-hybridized carbons (Fsp3) is 0.593. The zero-order valence-electron chi connectivity index (χ0n) is 21.2. The maximum absolute atomic E-state index is 12.6. The molecular weight excluding hydrogens is 450 g/mol. The zero-order valence-corrected chi connectivity index (χ0v) is 22.0. The highest BCUT2D eigenvalue weighted by atomic mass is 32.1. The average molecular weight is 490 g/mol. The number of aliphatic imine (C=N–C) groups is 1. The molecule has 2 aromatic heterocycles. The van der Waals surface area contributed by atoms with Gasteiger partial charge < -0.3 is 14.3 Å². The normalized spacial score (nSPS) is 12.9. The van der Waals surface area contributed by atoms with Gasteiger partial charge in [0.1, 0.15) is 11.5 Å². The number of amides is 1. The Hall–Kier alpha value is -2.41. The van der Waals surface area contributed by atoms with Gasteiger partial charge in [0, 0.05) is 28.0 Å². The largest absolute Gasteiger partial charge is 0.507 e. The number of aromatic hydroxyl groups is 1. The number of ether oxygens (including phenoxy) is 1. The fourth-order valence-corrected chi connectivity index (χ4v) is 5.19. The molecule has 188 valence electrons. The van der Waals surface area contributed by atoms with Crippen LogP contribution < -0.4 is 5.63 Å². The molecule has 7 heteroatoms. The Kier molecular flexibility index (Phi) is 11.0. The average Bonchev–Trinajstić information content (AvgIpc) is 3.22. The van der Waals surface area contributed by atoms with E-state index in [2.05, 4.69) is 42.6 Å². The molecule has 0 bridgehead atoms. The van der Waals surface area contributed by atoms with E-state index in [4.69, 9.17) is 4.42 Å². The summed E-state index contributed by atoms with van der Waals surface area (Å²) in [5.41, 5.74) is -0.101. The molecule has 1 amide bonds. The van der Waals surface area contributed by atoms with Gasteiger partial charge in [-0.2, -0.15) is 4.99 Å². The predicted molar refractivity (Wildman–Crippen MR) is 139 cm³/mol. The van der Waals surface area contributed by atoms with E-state index in [-0.39, 0.29) is 17.1 Å². The summed E-state index contributed by atoms with van der Waals surface area (Å²) in [5, 5.41) is 10.6. The lowest BCUT2D eigenvalue weighted by atomic mass is 9.82. The maximum Gasteiger partial charge on any atom is 0.432 e. The smallest absolute Gasteiger partial charge is 0.432 e. The Morgan fingerprint density at radius 1 is 1.26 bits per heavy atom. The van der Waals surface area contributed by atoms with Crippen LogP contribution in [0.1, 0.15) is 93.2 Å². The summed E-state index contributed by atoms with van der Waals surface area (Å²) in [7, 11) is 1.29. The van der Waals surface area contributed by atoms with Gasteiger partial charge in [0.2, 0.25) is 0 Å². The van der Waals surface area contributed by atoms with E-state index in [0.29, 0.717) is 24.2 Å². The number of methoxy groups -OCH3 is 1. The quantitative estimate of drug-likeness (QED) is 0.240. The van der Waals surface area contributed by atoms with Crippen molar-refractivity contribution in [2.75, 3.05) is 7.11 Å². The molecule has 1 atom stereocenters. The van der Waals surface area contributed by atoms with Gasteiger partial charge in [-0.05, 0) is 68.9 Å². The molecule has 2 heterocycles. The zero-order chi connectivity index (χ0) is 25.1. The van der Waals surface area contributed by atoms with Crippen LogP contribution in [0.15, 0.2) is 32.4 Å². The van der Waals surface area contributed by atoms with Crippen LogP contribution >= 0.6 is 11.3 Å². The Morgan fingerprint density at radius 2 is 2.00 bits per heavy atom. The van der Waals surface area contributed by atoms with Gasteiger partial charge in [0.05, 0.1) is 12.7 Å². The molecule has 2 aromatic rings. The minimum atomic E-state index is -0.616. The van der Waals surface area contributed by atoms with Crippen molar-refractivity contribution in [1.82, 2.24) is 0 Å². The second-order valence-corrected chi connectivity index (χ2v) is 11.0. The van der Waals surface area contributed by atoms with Crippen molar-refractivity contribution in [2.45, 2.75) is 91.4 Å². The molecule has 0 saturated carbocycles. The van der Waals surface area contributed by atoms with Crippen LogP contribution in [-0.4, -0.2) is 24.5 Å². The molecular formula is C27H39NO5S. The number of aryl methyl sites for hydroxylation is 1.